The first-order valence-electron chi connectivity index (χ1n) is 7.85. The maximum absolute atomic E-state index is 12.2. The number of benzene rings is 1. The average molecular weight is 307 g/mol. The van der Waals surface area contributed by atoms with Crippen LogP contribution in [0.4, 0.5) is 0 Å². The molecule has 0 aliphatic carbocycles. The van der Waals surface area contributed by atoms with Gasteiger partial charge in [-0.1, -0.05) is 0 Å². The van der Waals surface area contributed by atoms with Crippen molar-refractivity contribution < 1.29 is 19.0 Å². The normalized spacial score (nSPS) is 15.6. The van der Waals surface area contributed by atoms with Gasteiger partial charge in [0.1, 0.15) is 11.5 Å². The Balaban J connectivity index is 1.73. The summed E-state index contributed by atoms with van der Waals surface area (Å²) in [6, 6.07) is 7.34. The van der Waals surface area contributed by atoms with Gasteiger partial charge < -0.3 is 19.1 Å². The molecular formula is C17H25NO4. The largest absolute Gasteiger partial charge is 0.494 e. The van der Waals surface area contributed by atoms with E-state index in [-0.39, 0.29) is 12.5 Å². The molecule has 1 aliphatic heterocycles. The van der Waals surface area contributed by atoms with Crippen LogP contribution in [0.1, 0.15) is 19.8 Å². The maximum Gasteiger partial charge on any atom is 0.260 e. The molecule has 1 aliphatic rings. The first kappa shape index (κ1) is 16.6. The lowest BCUT2D eigenvalue weighted by molar-refractivity contribution is -0.135. The lowest BCUT2D eigenvalue weighted by atomic mass is 9.98. The minimum atomic E-state index is 0.0461. The summed E-state index contributed by atoms with van der Waals surface area (Å²) in [5.41, 5.74) is 0. The molecule has 0 bridgehead atoms. The Morgan fingerprint density at radius 1 is 1.14 bits per heavy atom. The van der Waals surface area contributed by atoms with Gasteiger partial charge in [-0.3, -0.25) is 4.79 Å². The Morgan fingerprint density at radius 3 is 2.27 bits per heavy atom. The monoisotopic (exact) mass is 307 g/mol. The lowest BCUT2D eigenvalue weighted by Gasteiger charge is -2.31. The number of hydrogen-bond donors (Lipinski definition) is 0. The van der Waals surface area contributed by atoms with Gasteiger partial charge in [-0.05, 0) is 49.9 Å². The molecule has 1 aromatic carbocycles. The third kappa shape index (κ3) is 4.91. The van der Waals surface area contributed by atoms with E-state index >= 15 is 0 Å². The summed E-state index contributed by atoms with van der Waals surface area (Å²) in [6.45, 7) is 5.03. The molecule has 5 nitrogen and oxygen atoms in total. The molecule has 22 heavy (non-hydrogen) atoms. The molecule has 1 saturated heterocycles. The zero-order valence-corrected chi connectivity index (χ0v) is 13.4. The maximum atomic E-state index is 12.2. The lowest BCUT2D eigenvalue weighted by Crippen LogP contribution is -2.41. The van der Waals surface area contributed by atoms with Crippen LogP contribution in [0, 0.1) is 5.92 Å². The summed E-state index contributed by atoms with van der Waals surface area (Å²) in [5, 5.41) is 0. The molecule has 1 heterocycles. The second-order valence-electron chi connectivity index (χ2n) is 5.47. The fraction of sp³-hybridized carbons (Fsp3) is 0.588. The third-order valence-corrected chi connectivity index (χ3v) is 3.87. The van der Waals surface area contributed by atoms with Gasteiger partial charge in [0.05, 0.1) is 6.61 Å². The first-order valence-corrected chi connectivity index (χ1v) is 7.85. The topological polar surface area (TPSA) is 48.0 Å². The van der Waals surface area contributed by atoms with Gasteiger partial charge in [-0.15, -0.1) is 0 Å². The predicted octanol–water partition coefficient (Wildman–Crippen LogP) is 2.35. The SMILES string of the molecule is CCOc1ccc(OCC(=O)N2CCC(COC)CC2)cc1. The van der Waals surface area contributed by atoms with Crippen LogP contribution in [0.3, 0.4) is 0 Å². The molecule has 1 fully saturated rings. The van der Waals surface area contributed by atoms with Gasteiger partial charge in [0, 0.05) is 26.8 Å². The second-order valence-corrected chi connectivity index (χ2v) is 5.47. The summed E-state index contributed by atoms with van der Waals surface area (Å²) in [5.74, 6) is 2.11. The zero-order valence-electron chi connectivity index (χ0n) is 13.4. The molecule has 0 saturated carbocycles. The minimum Gasteiger partial charge on any atom is -0.494 e. The van der Waals surface area contributed by atoms with Gasteiger partial charge in [-0.2, -0.15) is 0 Å². The van der Waals surface area contributed by atoms with Crippen LogP contribution in [-0.4, -0.2) is 50.8 Å². The number of hydrogen-bond acceptors (Lipinski definition) is 4. The molecule has 122 valence electrons. The van der Waals surface area contributed by atoms with Crippen molar-refractivity contribution in [1.29, 1.82) is 0 Å². The average Bonchev–Trinajstić information content (AvgIpc) is 2.55. The van der Waals surface area contributed by atoms with Crippen LogP contribution in [0.25, 0.3) is 0 Å². The number of rotatable bonds is 7. The van der Waals surface area contributed by atoms with Gasteiger partial charge in [0.15, 0.2) is 6.61 Å². The highest BCUT2D eigenvalue weighted by Gasteiger charge is 2.22. The number of piperidine rings is 1. The number of carbonyl (C=O) groups excluding carboxylic acids is 1. The molecule has 0 radical (unpaired) electrons. The van der Waals surface area contributed by atoms with Crippen LogP contribution in [-0.2, 0) is 9.53 Å². The third-order valence-electron chi connectivity index (χ3n) is 3.87. The number of amides is 1. The van der Waals surface area contributed by atoms with Crippen molar-refractivity contribution in [3.8, 4) is 11.5 Å². The van der Waals surface area contributed by atoms with E-state index in [1.165, 1.54) is 0 Å². The Bertz CT molecular complexity index is 452. The number of methoxy groups -OCH3 is 1. The van der Waals surface area contributed by atoms with Crippen molar-refractivity contribution in [1.82, 2.24) is 4.90 Å². The van der Waals surface area contributed by atoms with Gasteiger partial charge in [-0.25, -0.2) is 0 Å². The smallest absolute Gasteiger partial charge is 0.260 e. The van der Waals surface area contributed by atoms with Crippen molar-refractivity contribution in [2.75, 3.05) is 40.0 Å². The summed E-state index contributed by atoms with van der Waals surface area (Å²) in [7, 11) is 1.72. The van der Waals surface area contributed by atoms with E-state index in [4.69, 9.17) is 14.2 Å². The molecule has 0 atom stereocenters. The molecule has 5 heteroatoms. The number of ether oxygens (including phenoxy) is 3. The number of likely N-dealkylation sites (tertiary alicyclic amines) is 1. The molecule has 0 spiro atoms. The predicted molar refractivity (Wildman–Crippen MR) is 84.3 cm³/mol. The molecule has 0 aromatic heterocycles. The standard InChI is InChI=1S/C17H25NO4/c1-3-21-15-4-6-16(7-5-15)22-13-17(19)18-10-8-14(9-11-18)12-20-2/h4-7,14H,3,8-13H2,1-2H3. The minimum absolute atomic E-state index is 0.0461. The summed E-state index contributed by atoms with van der Waals surface area (Å²) >= 11 is 0. The van der Waals surface area contributed by atoms with E-state index in [0.29, 0.717) is 18.3 Å². The van der Waals surface area contributed by atoms with Gasteiger partial charge in [0.25, 0.3) is 5.91 Å². The fourth-order valence-electron chi connectivity index (χ4n) is 2.62. The van der Waals surface area contributed by atoms with Crippen molar-refractivity contribution in [2.24, 2.45) is 5.92 Å². The van der Waals surface area contributed by atoms with Crippen LogP contribution < -0.4 is 9.47 Å². The molecule has 2 rings (SSSR count). The highest BCUT2D eigenvalue weighted by Crippen LogP contribution is 2.19. The Labute approximate surface area is 132 Å². The van der Waals surface area contributed by atoms with Crippen molar-refractivity contribution in [3.05, 3.63) is 24.3 Å². The molecule has 0 N–H and O–H groups in total. The number of nitrogens with zero attached hydrogens (tertiary/aromatic N) is 1. The Kier molecular flexibility index (Phi) is 6.52. The van der Waals surface area contributed by atoms with Gasteiger partial charge >= 0.3 is 0 Å². The van der Waals surface area contributed by atoms with E-state index in [2.05, 4.69) is 0 Å². The highest BCUT2D eigenvalue weighted by molar-refractivity contribution is 5.77. The highest BCUT2D eigenvalue weighted by atomic mass is 16.5. The summed E-state index contributed by atoms with van der Waals surface area (Å²) in [6.07, 6.45) is 2.01. The van der Waals surface area contributed by atoms with E-state index in [9.17, 15) is 4.79 Å². The summed E-state index contributed by atoms with van der Waals surface area (Å²) in [4.78, 5) is 14.0. The first-order chi connectivity index (χ1) is 10.7. The van der Waals surface area contributed by atoms with E-state index in [0.717, 1.165) is 38.3 Å². The number of carbonyl (C=O) groups is 1. The van der Waals surface area contributed by atoms with Crippen LogP contribution in [0.15, 0.2) is 24.3 Å². The zero-order chi connectivity index (χ0) is 15.8. The van der Waals surface area contributed by atoms with Gasteiger partial charge in [0.2, 0.25) is 0 Å². The Hall–Kier alpha value is -1.75. The van der Waals surface area contributed by atoms with Crippen LogP contribution in [0.5, 0.6) is 11.5 Å². The molecular weight excluding hydrogens is 282 g/mol. The molecule has 1 amide bonds. The van der Waals surface area contributed by atoms with Crippen LogP contribution >= 0.6 is 0 Å². The van der Waals surface area contributed by atoms with Crippen molar-refractivity contribution >= 4 is 5.91 Å². The Morgan fingerprint density at radius 2 is 1.73 bits per heavy atom. The second kappa shape index (κ2) is 8.63. The van der Waals surface area contributed by atoms with Crippen LogP contribution in [0.2, 0.25) is 0 Å². The van der Waals surface area contributed by atoms with Crippen molar-refractivity contribution in [3.63, 3.8) is 0 Å². The fourth-order valence-corrected chi connectivity index (χ4v) is 2.62. The molecule has 0 unspecified atom stereocenters. The van der Waals surface area contributed by atoms with E-state index in [1.807, 2.05) is 36.1 Å². The van der Waals surface area contributed by atoms with E-state index in [1.54, 1.807) is 7.11 Å². The summed E-state index contributed by atoms with van der Waals surface area (Å²) < 4.78 is 16.1. The molecule has 1 aromatic rings. The quantitative estimate of drug-likeness (QED) is 0.776. The van der Waals surface area contributed by atoms with E-state index < -0.39 is 0 Å². The van der Waals surface area contributed by atoms with Crippen molar-refractivity contribution in [2.45, 2.75) is 19.8 Å².